The molecule has 0 aliphatic carbocycles. The molecule has 0 atom stereocenters. The van der Waals surface area contributed by atoms with E-state index in [4.69, 9.17) is 4.74 Å². The van der Waals surface area contributed by atoms with E-state index in [2.05, 4.69) is 4.98 Å². The molecule has 1 heterocycles. The third-order valence-electron chi connectivity index (χ3n) is 1.77. The number of benzene rings is 1. The van der Waals surface area contributed by atoms with Gasteiger partial charge in [-0.25, -0.2) is 0 Å². The van der Waals surface area contributed by atoms with Gasteiger partial charge in [0.05, 0.1) is 7.11 Å². The number of fused-ring (bicyclic) bond motifs is 1. The maximum atomic E-state index is 5.14. The average Bonchev–Trinajstić information content (AvgIpc) is 2.47. The minimum Gasteiger partial charge on any atom is -0.495 e. The number of H-pyrrole nitrogens is 1. The van der Waals surface area contributed by atoms with Crippen LogP contribution in [0.4, 0.5) is 0 Å². The van der Waals surface area contributed by atoms with Gasteiger partial charge in [0.15, 0.2) is 0 Å². The van der Waals surface area contributed by atoms with Crippen LogP contribution in [0.5, 0.6) is 5.75 Å². The third-order valence-corrected chi connectivity index (χ3v) is 1.77. The molecule has 0 aliphatic rings. The Morgan fingerprint density at radius 3 is 2.75 bits per heavy atom. The summed E-state index contributed by atoms with van der Waals surface area (Å²) >= 11 is 0. The molecule has 0 aliphatic heterocycles. The van der Waals surface area contributed by atoms with E-state index in [9.17, 15) is 0 Å². The summed E-state index contributed by atoms with van der Waals surface area (Å²) in [5.74, 6) is 0.903. The Morgan fingerprint density at radius 1 is 1.25 bits per heavy atom. The minimum atomic E-state index is 0. The molecule has 1 aromatic carbocycles. The van der Waals surface area contributed by atoms with Crippen molar-refractivity contribution in [2.75, 3.05) is 7.11 Å². The number of aromatic amines is 1. The summed E-state index contributed by atoms with van der Waals surface area (Å²) in [6, 6.07) is 8.06. The number of aromatic nitrogens is 1. The van der Waals surface area contributed by atoms with Gasteiger partial charge in [-0.1, -0.05) is 12.1 Å². The quantitative estimate of drug-likeness (QED) is 0.723. The molecule has 2 aromatic rings. The summed E-state index contributed by atoms with van der Waals surface area (Å²) in [6.07, 6.45) is 1.87. The molecule has 0 amide bonds. The van der Waals surface area contributed by atoms with Crippen LogP contribution < -0.4 is 4.74 Å². The standard InChI is InChI=1S/C9H9NO.ClH/c1-11-9-6-10-8-5-3-2-4-7(8)9;/h2-6,10H,1H3;1H. The Balaban J connectivity index is 0.000000720. The van der Waals surface area contributed by atoms with E-state index in [1.807, 2.05) is 30.5 Å². The van der Waals surface area contributed by atoms with E-state index in [0.29, 0.717) is 0 Å². The average molecular weight is 184 g/mol. The fraction of sp³-hybridized carbons (Fsp3) is 0.111. The van der Waals surface area contributed by atoms with Crippen molar-refractivity contribution in [1.29, 1.82) is 0 Å². The smallest absolute Gasteiger partial charge is 0.144 e. The molecule has 3 heteroatoms. The van der Waals surface area contributed by atoms with E-state index in [-0.39, 0.29) is 12.4 Å². The maximum Gasteiger partial charge on any atom is 0.144 e. The molecule has 0 saturated carbocycles. The van der Waals surface area contributed by atoms with Gasteiger partial charge in [-0.05, 0) is 12.1 Å². The second-order valence-electron chi connectivity index (χ2n) is 2.40. The zero-order chi connectivity index (χ0) is 7.68. The van der Waals surface area contributed by atoms with Crippen LogP contribution in [0, 0.1) is 0 Å². The largest absolute Gasteiger partial charge is 0.495 e. The summed E-state index contributed by atoms with van der Waals surface area (Å²) in [6.45, 7) is 0. The first-order valence-electron chi connectivity index (χ1n) is 3.52. The Labute approximate surface area is 77.0 Å². The zero-order valence-electron chi connectivity index (χ0n) is 6.70. The molecule has 12 heavy (non-hydrogen) atoms. The van der Waals surface area contributed by atoms with Crippen molar-refractivity contribution < 1.29 is 4.74 Å². The predicted octanol–water partition coefficient (Wildman–Crippen LogP) is 2.60. The second-order valence-corrected chi connectivity index (χ2v) is 2.40. The van der Waals surface area contributed by atoms with Crippen molar-refractivity contribution in [3.05, 3.63) is 30.5 Å². The third kappa shape index (κ3) is 1.25. The van der Waals surface area contributed by atoms with E-state index in [1.54, 1.807) is 7.11 Å². The van der Waals surface area contributed by atoms with Gasteiger partial charge in [0.1, 0.15) is 5.75 Å². The summed E-state index contributed by atoms with van der Waals surface area (Å²) in [5, 5.41) is 1.13. The van der Waals surface area contributed by atoms with Crippen molar-refractivity contribution in [2.24, 2.45) is 0 Å². The second kappa shape index (κ2) is 3.50. The predicted molar refractivity (Wildman–Crippen MR) is 52.1 cm³/mol. The summed E-state index contributed by atoms with van der Waals surface area (Å²) < 4.78 is 5.14. The van der Waals surface area contributed by atoms with Crippen LogP contribution >= 0.6 is 12.4 Å². The van der Waals surface area contributed by atoms with Gasteiger partial charge in [0.2, 0.25) is 0 Å². The first-order chi connectivity index (χ1) is 5.42. The fourth-order valence-electron chi connectivity index (χ4n) is 1.21. The highest BCUT2D eigenvalue weighted by Gasteiger charge is 1.99. The van der Waals surface area contributed by atoms with Crippen molar-refractivity contribution >= 4 is 23.3 Å². The number of para-hydroxylation sites is 1. The van der Waals surface area contributed by atoms with E-state index >= 15 is 0 Å². The Bertz CT molecular complexity index is 369. The number of nitrogens with one attached hydrogen (secondary N) is 1. The molecule has 1 aromatic heterocycles. The van der Waals surface area contributed by atoms with Crippen LogP contribution in [-0.4, -0.2) is 12.1 Å². The van der Waals surface area contributed by atoms with Crippen LogP contribution in [-0.2, 0) is 0 Å². The lowest BCUT2D eigenvalue weighted by Gasteiger charge is -1.93. The van der Waals surface area contributed by atoms with Crippen LogP contribution in [0.2, 0.25) is 0 Å². The van der Waals surface area contributed by atoms with Crippen LogP contribution in [0.1, 0.15) is 0 Å². The first-order valence-corrected chi connectivity index (χ1v) is 3.52. The van der Waals surface area contributed by atoms with Gasteiger partial charge >= 0.3 is 0 Å². The highest BCUT2D eigenvalue weighted by molar-refractivity contribution is 5.86. The Morgan fingerprint density at radius 2 is 2.00 bits per heavy atom. The van der Waals surface area contributed by atoms with E-state index in [0.717, 1.165) is 16.7 Å². The topological polar surface area (TPSA) is 25.0 Å². The number of halogens is 1. The SMILES string of the molecule is COc1c[nH]c2ccccc12.Cl. The molecular formula is C9H10ClNO. The fourth-order valence-corrected chi connectivity index (χ4v) is 1.21. The molecular weight excluding hydrogens is 174 g/mol. The molecule has 0 fully saturated rings. The number of rotatable bonds is 1. The lowest BCUT2D eigenvalue weighted by atomic mass is 10.2. The number of ether oxygens (including phenoxy) is 1. The summed E-state index contributed by atoms with van der Waals surface area (Å²) in [4.78, 5) is 3.11. The highest BCUT2D eigenvalue weighted by atomic mass is 35.5. The van der Waals surface area contributed by atoms with Gasteiger partial charge < -0.3 is 9.72 Å². The molecule has 0 bridgehead atoms. The van der Waals surface area contributed by atoms with Crippen molar-refractivity contribution in [2.45, 2.75) is 0 Å². The number of hydrogen-bond acceptors (Lipinski definition) is 1. The molecule has 2 nitrogen and oxygen atoms in total. The van der Waals surface area contributed by atoms with Gasteiger partial charge in [-0.2, -0.15) is 0 Å². The zero-order valence-corrected chi connectivity index (χ0v) is 7.52. The molecule has 64 valence electrons. The van der Waals surface area contributed by atoms with Gasteiger partial charge in [-0.15, -0.1) is 12.4 Å². The summed E-state index contributed by atoms with van der Waals surface area (Å²) in [7, 11) is 1.68. The van der Waals surface area contributed by atoms with Crippen molar-refractivity contribution in [1.82, 2.24) is 4.98 Å². The van der Waals surface area contributed by atoms with Crippen LogP contribution in [0.3, 0.4) is 0 Å². The number of methoxy groups -OCH3 is 1. The van der Waals surface area contributed by atoms with Crippen LogP contribution in [0.25, 0.3) is 10.9 Å². The number of hydrogen-bond donors (Lipinski definition) is 1. The van der Waals surface area contributed by atoms with E-state index < -0.39 is 0 Å². The Kier molecular flexibility index (Phi) is 2.61. The maximum absolute atomic E-state index is 5.14. The summed E-state index contributed by atoms with van der Waals surface area (Å²) in [5.41, 5.74) is 1.12. The first kappa shape index (κ1) is 8.94. The molecule has 0 unspecified atom stereocenters. The van der Waals surface area contributed by atoms with Gasteiger partial charge in [0, 0.05) is 17.1 Å². The van der Waals surface area contributed by atoms with E-state index in [1.165, 1.54) is 0 Å². The van der Waals surface area contributed by atoms with Gasteiger partial charge in [0.25, 0.3) is 0 Å². The lowest BCUT2D eigenvalue weighted by molar-refractivity contribution is 0.419. The van der Waals surface area contributed by atoms with Gasteiger partial charge in [-0.3, -0.25) is 0 Å². The van der Waals surface area contributed by atoms with Crippen molar-refractivity contribution in [3.63, 3.8) is 0 Å². The molecule has 2 rings (SSSR count). The molecule has 1 N–H and O–H groups in total. The molecule has 0 saturated heterocycles. The normalized spacial score (nSPS) is 9.42. The molecule has 0 spiro atoms. The van der Waals surface area contributed by atoms with Crippen molar-refractivity contribution in [3.8, 4) is 5.75 Å². The highest BCUT2D eigenvalue weighted by Crippen LogP contribution is 2.23. The van der Waals surface area contributed by atoms with Crippen LogP contribution in [0.15, 0.2) is 30.5 Å². The Hall–Kier alpha value is -1.15. The molecule has 0 radical (unpaired) electrons. The monoisotopic (exact) mass is 183 g/mol. The lowest BCUT2D eigenvalue weighted by Crippen LogP contribution is -1.77. The minimum absolute atomic E-state index is 0.